The number of halogens is 1. The van der Waals surface area contributed by atoms with E-state index in [0.29, 0.717) is 0 Å². The molecule has 0 aliphatic heterocycles. The molecule has 3 nitrogen and oxygen atoms in total. The first kappa shape index (κ1) is 11.4. The van der Waals surface area contributed by atoms with Gasteiger partial charge in [0.05, 0.1) is 12.2 Å². The van der Waals surface area contributed by atoms with E-state index in [1.807, 2.05) is 43.6 Å². The second-order valence-electron chi connectivity index (χ2n) is 3.70. The summed E-state index contributed by atoms with van der Waals surface area (Å²) in [6.45, 7) is 1.60. The first-order valence-corrected chi connectivity index (χ1v) is 5.86. The molecule has 0 aromatic carbocycles. The Morgan fingerprint density at radius 3 is 2.75 bits per heavy atom. The molecule has 2 aromatic heterocycles. The summed E-state index contributed by atoms with van der Waals surface area (Å²) in [5.41, 5.74) is 1.07. The third-order valence-electron chi connectivity index (χ3n) is 2.21. The van der Waals surface area contributed by atoms with Crippen LogP contribution in [0.25, 0.3) is 0 Å². The molecule has 2 heterocycles. The van der Waals surface area contributed by atoms with Crippen molar-refractivity contribution in [3.63, 3.8) is 0 Å². The summed E-state index contributed by atoms with van der Waals surface area (Å²) in [6, 6.07) is 9.82. The molecule has 0 spiro atoms. The van der Waals surface area contributed by atoms with Gasteiger partial charge in [-0.25, -0.2) is 0 Å². The molecule has 4 heteroatoms. The van der Waals surface area contributed by atoms with E-state index in [-0.39, 0.29) is 0 Å². The molecule has 16 heavy (non-hydrogen) atoms. The Bertz CT molecular complexity index is 441. The number of rotatable bonds is 4. The van der Waals surface area contributed by atoms with Gasteiger partial charge in [-0.1, -0.05) is 6.07 Å². The van der Waals surface area contributed by atoms with Gasteiger partial charge >= 0.3 is 0 Å². The fourth-order valence-corrected chi connectivity index (χ4v) is 1.87. The predicted molar refractivity (Wildman–Crippen MR) is 65.8 cm³/mol. The summed E-state index contributed by atoms with van der Waals surface area (Å²) >= 11 is 3.29. The summed E-state index contributed by atoms with van der Waals surface area (Å²) in [4.78, 5) is 6.44. The van der Waals surface area contributed by atoms with E-state index in [4.69, 9.17) is 4.42 Å². The topological polar surface area (TPSA) is 29.3 Å². The van der Waals surface area contributed by atoms with Crippen LogP contribution in [0.2, 0.25) is 0 Å². The van der Waals surface area contributed by atoms with E-state index in [1.54, 1.807) is 0 Å². The SMILES string of the molecule is CN(Cc1ccccn1)Cc1ccc(Br)o1. The quantitative estimate of drug-likeness (QED) is 0.862. The van der Waals surface area contributed by atoms with Crippen molar-refractivity contribution in [2.45, 2.75) is 13.1 Å². The van der Waals surface area contributed by atoms with Gasteiger partial charge in [0, 0.05) is 12.7 Å². The number of hydrogen-bond acceptors (Lipinski definition) is 3. The molecule has 0 saturated heterocycles. The molecule has 2 aromatic rings. The highest BCUT2D eigenvalue weighted by molar-refractivity contribution is 9.10. The van der Waals surface area contributed by atoms with Gasteiger partial charge in [-0.2, -0.15) is 0 Å². The Balaban J connectivity index is 1.92. The highest BCUT2D eigenvalue weighted by Crippen LogP contribution is 2.15. The maximum atomic E-state index is 5.45. The third-order valence-corrected chi connectivity index (χ3v) is 2.64. The Morgan fingerprint density at radius 2 is 2.12 bits per heavy atom. The van der Waals surface area contributed by atoms with Gasteiger partial charge in [0.2, 0.25) is 0 Å². The lowest BCUT2D eigenvalue weighted by molar-refractivity contribution is 0.282. The van der Waals surface area contributed by atoms with Crippen LogP contribution in [0.5, 0.6) is 0 Å². The maximum Gasteiger partial charge on any atom is 0.169 e. The molecule has 84 valence electrons. The third kappa shape index (κ3) is 3.18. The fourth-order valence-electron chi connectivity index (χ4n) is 1.53. The van der Waals surface area contributed by atoms with E-state index in [2.05, 4.69) is 25.8 Å². The van der Waals surface area contributed by atoms with Crippen LogP contribution in [0, 0.1) is 0 Å². The second-order valence-corrected chi connectivity index (χ2v) is 4.48. The van der Waals surface area contributed by atoms with E-state index in [0.717, 1.165) is 29.2 Å². The minimum Gasteiger partial charge on any atom is -0.453 e. The van der Waals surface area contributed by atoms with Crippen LogP contribution < -0.4 is 0 Å². The molecule has 2 rings (SSSR count). The molecule has 0 saturated carbocycles. The van der Waals surface area contributed by atoms with Gasteiger partial charge < -0.3 is 4.42 Å². The van der Waals surface area contributed by atoms with Crippen LogP contribution in [0.1, 0.15) is 11.5 Å². The number of nitrogens with zero attached hydrogens (tertiary/aromatic N) is 2. The Labute approximate surface area is 103 Å². The summed E-state index contributed by atoms with van der Waals surface area (Å²) in [6.07, 6.45) is 1.81. The number of furan rings is 1. The number of aromatic nitrogens is 1. The summed E-state index contributed by atoms with van der Waals surface area (Å²) in [5, 5.41) is 0. The summed E-state index contributed by atoms with van der Waals surface area (Å²) in [5.74, 6) is 0.949. The van der Waals surface area contributed by atoms with Gasteiger partial charge in [-0.15, -0.1) is 0 Å². The van der Waals surface area contributed by atoms with Gasteiger partial charge in [0.1, 0.15) is 5.76 Å². The lowest BCUT2D eigenvalue weighted by atomic mass is 10.3. The van der Waals surface area contributed by atoms with E-state index >= 15 is 0 Å². The zero-order valence-corrected chi connectivity index (χ0v) is 10.6. The highest BCUT2D eigenvalue weighted by atomic mass is 79.9. The van der Waals surface area contributed by atoms with Gasteiger partial charge in [0.15, 0.2) is 4.67 Å². The van der Waals surface area contributed by atoms with Crippen molar-refractivity contribution < 1.29 is 4.42 Å². The monoisotopic (exact) mass is 280 g/mol. The van der Waals surface area contributed by atoms with Gasteiger partial charge in [0.25, 0.3) is 0 Å². The average Bonchev–Trinajstić information content (AvgIpc) is 2.65. The Morgan fingerprint density at radius 1 is 1.25 bits per heavy atom. The molecule has 0 fully saturated rings. The van der Waals surface area contributed by atoms with Crippen LogP contribution in [-0.4, -0.2) is 16.9 Å². The fraction of sp³-hybridized carbons (Fsp3) is 0.250. The number of hydrogen-bond donors (Lipinski definition) is 0. The molecule has 0 N–H and O–H groups in total. The minimum atomic E-state index is 0.772. The second kappa shape index (κ2) is 5.27. The molecule has 0 unspecified atom stereocenters. The van der Waals surface area contributed by atoms with Crippen LogP contribution in [0.3, 0.4) is 0 Å². The van der Waals surface area contributed by atoms with Crippen molar-refractivity contribution >= 4 is 15.9 Å². The van der Waals surface area contributed by atoms with Gasteiger partial charge in [-0.05, 0) is 47.2 Å². The first-order chi connectivity index (χ1) is 7.74. The zero-order chi connectivity index (χ0) is 11.4. The minimum absolute atomic E-state index is 0.772. The van der Waals surface area contributed by atoms with Crippen LogP contribution in [0.4, 0.5) is 0 Å². The molecule has 0 atom stereocenters. The van der Waals surface area contributed by atoms with Crippen molar-refractivity contribution in [3.8, 4) is 0 Å². The van der Waals surface area contributed by atoms with Crippen molar-refractivity contribution in [2.75, 3.05) is 7.05 Å². The summed E-state index contributed by atoms with van der Waals surface area (Å²) in [7, 11) is 2.05. The van der Waals surface area contributed by atoms with E-state index in [1.165, 1.54) is 0 Å². The van der Waals surface area contributed by atoms with Gasteiger partial charge in [-0.3, -0.25) is 9.88 Å². The molecule has 0 bridgehead atoms. The normalized spacial score (nSPS) is 10.9. The van der Waals surface area contributed by atoms with Crippen LogP contribution in [0.15, 0.2) is 45.6 Å². The zero-order valence-electron chi connectivity index (χ0n) is 9.06. The molecule has 0 aliphatic rings. The summed E-state index contributed by atoms with van der Waals surface area (Å²) < 4.78 is 6.22. The van der Waals surface area contributed by atoms with E-state index < -0.39 is 0 Å². The van der Waals surface area contributed by atoms with Crippen LogP contribution >= 0.6 is 15.9 Å². The average molecular weight is 281 g/mol. The smallest absolute Gasteiger partial charge is 0.169 e. The standard InChI is InChI=1S/C12H13BrN2O/c1-15(8-10-4-2-3-7-14-10)9-11-5-6-12(13)16-11/h2-7H,8-9H2,1H3. The van der Waals surface area contributed by atoms with E-state index in [9.17, 15) is 0 Å². The predicted octanol–water partition coefficient (Wildman–Crippen LogP) is 3.07. The highest BCUT2D eigenvalue weighted by Gasteiger charge is 2.05. The molecular weight excluding hydrogens is 268 g/mol. The van der Waals surface area contributed by atoms with Crippen LogP contribution in [-0.2, 0) is 13.1 Å². The van der Waals surface area contributed by atoms with Crippen molar-refractivity contribution in [1.29, 1.82) is 0 Å². The molecule has 0 radical (unpaired) electrons. The molecule has 0 aliphatic carbocycles. The van der Waals surface area contributed by atoms with Crippen molar-refractivity contribution in [2.24, 2.45) is 0 Å². The molecular formula is C12H13BrN2O. The first-order valence-electron chi connectivity index (χ1n) is 5.07. The largest absolute Gasteiger partial charge is 0.453 e. The lowest BCUT2D eigenvalue weighted by Gasteiger charge is -2.14. The number of pyridine rings is 1. The Kier molecular flexibility index (Phi) is 3.74. The van der Waals surface area contributed by atoms with Crippen molar-refractivity contribution in [1.82, 2.24) is 9.88 Å². The van der Waals surface area contributed by atoms with Crippen molar-refractivity contribution in [3.05, 3.63) is 52.7 Å². The Hall–Kier alpha value is -1.13. The molecule has 0 amide bonds. The lowest BCUT2D eigenvalue weighted by Crippen LogP contribution is -2.17. The maximum absolute atomic E-state index is 5.45.